The Hall–Kier alpha value is -2.45. The zero-order valence-electron chi connectivity index (χ0n) is 15.0. The van der Waals surface area contributed by atoms with Gasteiger partial charge >= 0.3 is 0 Å². The van der Waals surface area contributed by atoms with Gasteiger partial charge in [0.15, 0.2) is 0 Å². The van der Waals surface area contributed by atoms with Crippen molar-refractivity contribution in [3.63, 3.8) is 0 Å². The summed E-state index contributed by atoms with van der Waals surface area (Å²) in [6.45, 7) is 4.28. The molecule has 27 heavy (non-hydrogen) atoms. The zero-order chi connectivity index (χ0) is 19.4. The van der Waals surface area contributed by atoms with Gasteiger partial charge in [-0.2, -0.15) is 0 Å². The molecule has 0 saturated carbocycles. The fraction of sp³-hybridized carbons (Fsp3) is 0.316. The Morgan fingerprint density at radius 1 is 1.19 bits per heavy atom. The summed E-state index contributed by atoms with van der Waals surface area (Å²) >= 11 is 0. The second-order valence-corrected chi connectivity index (χ2v) is 8.26. The Morgan fingerprint density at radius 2 is 1.85 bits per heavy atom. The second-order valence-electron chi connectivity index (χ2n) is 6.57. The molecule has 1 atom stereocenters. The number of piperazine rings is 1. The first-order valence-corrected chi connectivity index (χ1v) is 10.2. The van der Waals surface area contributed by atoms with E-state index in [0.717, 1.165) is 30.8 Å². The van der Waals surface area contributed by atoms with Crippen molar-refractivity contribution in [3.8, 4) is 0 Å². The van der Waals surface area contributed by atoms with Gasteiger partial charge in [-0.15, -0.1) is 0 Å². The number of hydrogen-bond acceptors (Lipinski definition) is 4. The van der Waals surface area contributed by atoms with Crippen LogP contribution >= 0.6 is 0 Å². The number of benzene rings is 2. The molecule has 1 fully saturated rings. The first-order chi connectivity index (χ1) is 12.8. The van der Waals surface area contributed by atoms with Crippen molar-refractivity contribution in [1.82, 2.24) is 10.2 Å². The molecule has 3 rings (SSSR count). The molecule has 1 aliphatic rings. The first-order valence-electron chi connectivity index (χ1n) is 8.73. The Kier molecular flexibility index (Phi) is 5.76. The third-order valence-electron chi connectivity index (χ3n) is 4.51. The minimum absolute atomic E-state index is 0.0177. The van der Waals surface area contributed by atoms with E-state index in [9.17, 15) is 17.6 Å². The van der Waals surface area contributed by atoms with E-state index in [4.69, 9.17) is 0 Å². The van der Waals surface area contributed by atoms with Crippen molar-refractivity contribution in [3.05, 3.63) is 59.9 Å². The molecule has 2 aromatic rings. The molecule has 1 amide bonds. The van der Waals surface area contributed by atoms with E-state index in [0.29, 0.717) is 12.2 Å². The normalized spacial score (nSPS) is 17.6. The fourth-order valence-electron chi connectivity index (χ4n) is 3.01. The minimum atomic E-state index is -3.79. The van der Waals surface area contributed by atoms with E-state index >= 15 is 0 Å². The summed E-state index contributed by atoms with van der Waals surface area (Å²) in [4.78, 5) is 14.3. The van der Waals surface area contributed by atoms with Gasteiger partial charge in [-0.1, -0.05) is 12.1 Å². The Labute approximate surface area is 158 Å². The van der Waals surface area contributed by atoms with Gasteiger partial charge in [-0.05, 0) is 48.9 Å². The highest BCUT2D eigenvalue weighted by Gasteiger charge is 2.22. The Bertz CT molecular complexity index is 899. The molecular weight excluding hydrogens is 369 g/mol. The fourth-order valence-corrected chi connectivity index (χ4v) is 4.06. The van der Waals surface area contributed by atoms with Crippen LogP contribution in [0, 0.1) is 5.82 Å². The summed E-state index contributed by atoms with van der Waals surface area (Å²) in [6.07, 6.45) is 0.273. The molecular formula is C19H22FN3O3S. The summed E-state index contributed by atoms with van der Waals surface area (Å²) in [5, 5.41) is 3.25. The van der Waals surface area contributed by atoms with Crippen molar-refractivity contribution < 1.29 is 17.6 Å². The third-order valence-corrected chi connectivity index (χ3v) is 5.90. The molecule has 1 unspecified atom stereocenters. The average molecular weight is 391 g/mol. The van der Waals surface area contributed by atoms with Crippen LogP contribution in [0.15, 0.2) is 53.4 Å². The number of rotatable bonds is 5. The van der Waals surface area contributed by atoms with Gasteiger partial charge in [0.25, 0.3) is 10.0 Å². The molecule has 1 saturated heterocycles. The van der Waals surface area contributed by atoms with Crippen LogP contribution in [0.3, 0.4) is 0 Å². The van der Waals surface area contributed by atoms with Crippen molar-refractivity contribution in [2.24, 2.45) is 0 Å². The molecule has 0 aromatic heterocycles. The van der Waals surface area contributed by atoms with E-state index in [-0.39, 0.29) is 23.3 Å². The van der Waals surface area contributed by atoms with Crippen LogP contribution < -0.4 is 10.0 Å². The van der Waals surface area contributed by atoms with Crippen molar-refractivity contribution in [1.29, 1.82) is 0 Å². The van der Waals surface area contributed by atoms with Crippen molar-refractivity contribution in [2.45, 2.75) is 24.3 Å². The third kappa shape index (κ3) is 4.84. The molecule has 0 radical (unpaired) electrons. The molecule has 6 nitrogen and oxygen atoms in total. The van der Waals surface area contributed by atoms with Gasteiger partial charge in [-0.3, -0.25) is 9.52 Å². The van der Waals surface area contributed by atoms with Crippen molar-refractivity contribution >= 4 is 21.6 Å². The minimum Gasteiger partial charge on any atom is -0.337 e. The van der Waals surface area contributed by atoms with Crippen LogP contribution in [0.5, 0.6) is 0 Å². The van der Waals surface area contributed by atoms with E-state index in [2.05, 4.69) is 10.0 Å². The molecule has 0 spiro atoms. The lowest BCUT2D eigenvalue weighted by atomic mass is 10.1. The summed E-state index contributed by atoms with van der Waals surface area (Å²) < 4.78 is 40.0. The number of carbonyl (C=O) groups is 1. The van der Waals surface area contributed by atoms with Gasteiger partial charge in [0.2, 0.25) is 5.91 Å². The molecule has 2 aromatic carbocycles. The lowest BCUT2D eigenvalue weighted by molar-refractivity contribution is -0.133. The van der Waals surface area contributed by atoms with Crippen LogP contribution in [-0.2, 0) is 21.2 Å². The van der Waals surface area contributed by atoms with Crippen LogP contribution in [0.4, 0.5) is 10.1 Å². The number of nitrogens with zero attached hydrogens (tertiary/aromatic N) is 1. The highest BCUT2D eigenvalue weighted by Crippen LogP contribution is 2.18. The van der Waals surface area contributed by atoms with E-state index in [1.165, 1.54) is 12.1 Å². The molecule has 144 valence electrons. The first kappa shape index (κ1) is 19.3. The molecule has 8 heteroatoms. The molecule has 0 aliphatic carbocycles. The van der Waals surface area contributed by atoms with Gasteiger partial charge in [0.1, 0.15) is 5.82 Å². The van der Waals surface area contributed by atoms with Gasteiger partial charge in [0, 0.05) is 31.4 Å². The van der Waals surface area contributed by atoms with Crippen molar-refractivity contribution in [2.75, 3.05) is 24.4 Å². The maximum Gasteiger partial charge on any atom is 0.261 e. The summed E-state index contributed by atoms with van der Waals surface area (Å²) in [5.74, 6) is -0.439. The maximum absolute atomic E-state index is 13.0. The topological polar surface area (TPSA) is 78.5 Å². The summed E-state index contributed by atoms with van der Waals surface area (Å²) in [6, 6.07) is 11.5. The summed E-state index contributed by atoms with van der Waals surface area (Å²) in [5.41, 5.74) is 1.20. The van der Waals surface area contributed by atoms with E-state index in [1.54, 1.807) is 24.3 Å². The van der Waals surface area contributed by atoms with Gasteiger partial charge < -0.3 is 10.2 Å². The van der Waals surface area contributed by atoms with Crippen LogP contribution in [0.2, 0.25) is 0 Å². The van der Waals surface area contributed by atoms with Crippen LogP contribution in [-0.4, -0.2) is 44.9 Å². The molecule has 2 N–H and O–H groups in total. The Balaban J connectivity index is 1.64. The summed E-state index contributed by atoms with van der Waals surface area (Å²) in [7, 11) is -3.79. The number of nitrogens with one attached hydrogen (secondary N) is 2. The Morgan fingerprint density at radius 3 is 2.48 bits per heavy atom. The number of halogens is 1. The van der Waals surface area contributed by atoms with E-state index < -0.39 is 15.8 Å². The number of anilines is 1. The van der Waals surface area contributed by atoms with Gasteiger partial charge in [-0.25, -0.2) is 12.8 Å². The molecule has 1 aliphatic heterocycles. The van der Waals surface area contributed by atoms with E-state index in [1.807, 2.05) is 11.8 Å². The number of hydrogen-bond donors (Lipinski definition) is 2. The maximum atomic E-state index is 13.0. The molecule has 1 heterocycles. The zero-order valence-corrected chi connectivity index (χ0v) is 15.8. The second kappa shape index (κ2) is 8.06. The molecule has 0 bridgehead atoms. The predicted molar refractivity (Wildman–Crippen MR) is 101 cm³/mol. The predicted octanol–water partition coefficient (Wildman–Crippen LogP) is 1.99. The monoisotopic (exact) mass is 391 g/mol. The quantitative estimate of drug-likeness (QED) is 0.817. The smallest absolute Gasteiger partial charge is 0.261 e. The highest BCUT2D eigenvalue weighted by atomic mass is 32.2. The highest BCUT2D eigenvalue weighted by molar-refractivity contribution is 7.92. The number of amides is 1. The number of sulfonamides is 1. The average Bonchev–Trinajstić information content (AvgIpc) is 2.64. The van der Waals surface area contributed by atoms with Gasteiger partial charge in [0.05, 0.1) is 11.3 Å². The SMILES string of the molecule is CC1CNCCN1C(=O)Cc1ccc(NS(=O)(=O)c2ccc(F)cc2)cc1. The van der Waals surface area contributed by atoms with Crippen LogP contribution in [0.25, 0.3) is 0 Å². The lowest BCUT2D eigenvalue weighted by Gasteiger charge is -2.34. The number of carbonyl (C=O) groups excluding carboxylic acids is 1. The largest absolute Gasteiger partial charge is 0.337 e. The lowest BCUT2D eigenvalue weighted by Crippen LogP contribution is -2.52. The van der Waals surface area contributed by atoms with Crippen LogP contribution in [0.1, 0.15) is 12.5 Å². The standard InChI is InChI=1S/C19H22FN3O3S/c1-14-13-21-10-11-23(14)19(24)12-15-2-6-17(7-3-15)22-27(25,26)18-8-4-16(20)5-9-18/h2-9,14,21-22H,10-13H2,1H3.